The van der Waals surface area contributed by atoms with Crippen molar-refractivity contribution in [1.82, 2.24) is 5.32 Å². The lowest BCUT2D eigenvalue weighted by atomic mass is 10.2. The van der Waals surface area contributed by atoms with E-state index in [4.69, 9.17) is 16.3 Å². The molecule has 1 aromatic rings. The normalized spacial score (nSPS) is 12.2. The van der Waals surface area contributed by atoms with Gasteiger partial charge in [-0.25, -0.2) is 0 Å². The SMILES string of the molecule is COC(C)CNC(=O)c1cc(Cl)ccc1I. The molecule has 0 aliphatic carbocycles. The third kappa shape index (κ3) is 3.92. The standard InChI is InChI=1S/C11H13ClINO2/c1-7(16-2)6-14-11(15)9-5-8(12)3-4-10(9)13/h3-5,7H,6H2,1-2H3,(H,14,15). The fourth-order valence-corrected chi connectivity index (χ4v) is 1.84. The van der Waals surface area contributed by atoms with E-state index in [-0.39, 0.29) is 12.0 Å². The lowest BCUT2D eigenvalue weighted by Gasteiger charge is -2.11. The molecule has 1 N–H and O–H groups in total. The van der Waals surface area contributed by atoms with E-state index in [0.29, 0.717) is 17.1 Å². The van der Waals surface area contributed by atoms with E-state index in [0.717, 1.165) is 3.57 Å². The van der Waals surface area contributed by atoms with Gasteiger partial charge >= 0.3 is 0 Å². The summed E-state index contributed by atoms with van der Waals surface area (Å²) in [6.07, 6.45) is 0.000736. The van der Waals surface area contributed by atoms with Gasteiger partial charge in [-0.05, 0) is 47.7 Å². The third-order valence-corrected chi connectivity index (χ3v) is 3.30. The largest absolute Gasteiger partial charge is 0.380 e. The van der Waals surface area contributed by atoms with E-state index in [9.17, 15) is 4.79 Å². The van der Waals surface area contributed by atoms with Gasteiger partial charge in [-0.2, -0.15) is 0 Å². The molecule has 0 fully saturated rings. The maximum absolute atomic E-state index is 11.8. The van der Waals surface area contributed by atoms with Crippen LogP contribution in [0.25, 0.3) is 0 Å². The monoisotopic (exact) mass is 353 g/mol. The predicted molar refractivity (Wildman–Crippen MR) is 73.0 cm³/mol. The first kappa shape index (κ1) is 13.7. The number of nitrogens with one attached hydrogen (secondary N) is 1. The number of methoxy groups -OCH3 is 1. The number of benzene rings is 1. The minimum atomic E-state index is -0.129. The highest BCUT2D eigenvalue weighted by Gasteiger charge is 2.11. The van der Waals surface area contributed by atoms with Crippen LogP contribution in [0.1, 0.15) is 17.3 Å². The van der Waals surface area contributed by atoms with Crippen molar-refractivity contribution in [2.75, 3.05) is 13.7 Å². The summed E-state index contributed by atoms with van der Waals surface area (Å²) in [7, 11) is 1.61. The minimum absolute atomic E-state index is 0.000736. The molecule has 5 heteroatoms. The van der Waals surface area contributed by atoms with E-state index >= 15 is 0 Å². The van der Waals surface area contributed by atoms with E-state index in [1.165, 1.54) is 0 Å². The van der Waals surface area contributed by atoms with Crippen LogP contribution in [0.4, 0.5) is 0 Å². The fraction of sp³-hybridized carbons (Fsp3) is 0.364. The Labute approximate surface area is 114 Å². The summed E-state index contributed by atoms with van der Waals surface area (Å²) in [5.74, 6) is -0.129. The topological polar surface area (TPSA) is 38.3 Å². The Hall–Kier alpha value is -0.330. The molecular weight excluding hydrogens is 340 g/mol. The van der Waals surface area contributed by atoms with Crippen LogP contribution in [0.2, 0.25) is 5.02 Å². The Kier molecular flexibility index (Phi) is 5.51. The van der Waals surface area contributed by atoms with Crippen LogP contribution in [-0.4, -0.2) is 25.7 Å². The number of rotatable bonds is 4. The molecule has 1 rings (SSSR count). The summed E-state index contributed by atoms with van der Waals surface area (Å²) < 4.78 is 5.93. The van der Waals surface area contributed by atoms with E-state index in [1.807, 2.05) is 13.0 Å². The molecule has 16 heavy (non-hydrogen) atoms. The second-order valence-corrected chi connectivity index (χ2v) is 4.98. The summed E-state index contributed by atoms with van der Waals surface area (Å²) in [5.41, 5.74) is 0.594. The first-order chi connectivity index (χ1) is 7.54. The number of carbonyl (C=O) groups excluding carboxylic acids is 1. The van der Waals surface area contributed by atoms with Crippen LogP contribution >= 0.6 is 34.2 Å². The van der Waals surface area contributed by atoms with Gasteiger partial charge in [-0.15, -0.1) is 0 Å². The Morgan fingerprint density at radius 3 is 2.94 bits per heavy atom. The molecule has 1 unspecified atom stereocenters. The smallest absolute Gasteiger partial charge is 0.252 e. The zero-order valence-corrected chi connectivity index (χ0v) is 12.0. The first-order valence-electron chi connectivity index (χ1n) is 4.80. The summed E-state index contributed by atoms with van der Waals surface area (Å²) in [5, 5.41) is 3.35. The van der Waals surface area contributed by atoms with Gasteiger partial charge in [-0.1, -0.05) is 11.6 Å². The molecule has 0 saturated heterocycles. The molecule has 0 aromatic heterocycles. The van der Waals surface area contributed by atoms with Crippen molar-refractivity contribution in [2.45, 2.75) is 13.0 Å². The third-order valence-electron chi connectivity index (χ3n) is 2.13. The van der Waals surface area contributed by atoms with Crippen LogP contribution in [0.5, 0.6) is 0 Å². The lowest BCUT2D eigenvalue weighted by Crippen LogP contribution is -2.32. The van der Waals surface area contributed by atoms with E-state index in [2.05, 4.69) is 27.9 Å². The van der Waals surface area contributed by atoms with Gasteiger partial charge in [0.15, 0.2) is 0 Å². The Balaban J connectivity index is 2.69. The van der Waals surface area contributed by atoms with Crippen molar-refractivity contribution in [3.05, 3.63) is 32.4 Å². The molecule has 0 spiro atoms. The molecule has 0 heterocycles. The maximum Gasteiger partial charge on any atom is 0.252 e. The summed E-state index contributed by atoms with van der Waals surface area (Å²) in [6, 6.07) is 5.24. The Morgan fingerprint density at radius 1 is 1.62 bits per heavy atom. The predicted octanol–water partition coefficient (Wildman–Crippen LogP) is 2.71. The van der Waals surface area contributed by atoms with Gasteiger partial charge in [0, 0.05) is 22.2 Å². The van der Waals surface area contributed by atoms with Crippen LogP contribution in [0.3, 0.4) is 0 Å². The van der Waals surface area contributed by atoms with E-state index in [1.54, 1.807) is 19.2 Å². The molecule has 0 aliphatic heterocycles. The van der Waals surface area contributed by atoms with Gasteiger partial charge < -0.3 is 10.1 Å². The maximum atomic E-state index is 11.8. The highest BCUT2D eigenvalue weighted by molar-refractivity contribution is 14.1. The van der Waals surface area contributed by atoms with Gasteiger partial charge in [0.25, 0.3) is 5.91 Å². The van der Waals surface area contributed by atoms with Crippen LogP contribution in [0, 0.1) is 3.57 Å². The van der Waals surface area contributed by atoms with E-state index < -0.39 is 0 Å². The second kappa shape index (κ2) is 6.42. The van der Waals surface area contributed by atoms with Crippen molar-refractivity contribution in [2.24, 2.45) is 0 Å². The zero-order chi connectivity index (χ0) is 12.1. The van der Waals surface area contributed by atoms with Crippen LogP contribution < -0.4 is 5.32 Å². The zero-order valence-electron chi connectivity index (χ0n) is 9.09. The molecule has 88 valence electrons. The summed E-state index contributed by atoms with van der Waals surface area (Å²) >= 11 is 7.95. The van der Waals surface area contributed by atoms with Crippen molar-refractivity contribution in [3.8, 4) is 0 Å². The second-order valence-electron chi connectivity index (χ2n) is 3.38. The molecule has 1 atom stereocenters. The number of carbonyl (C=O) groups is 1. The number of ether oxygens (including phenoxy) is 1. The molecule has 0 bridgehead atoms. The summed E-state index contributed by atoms with van der Waals surface area (Å²) in [6.45, 7) is 2.38. The van der Waals surface area contributed by atoms with Gasteiger partial charge in [-0.3, -0.25) is 4.79 Å². The van der Waals surface area contributed by atoms with Crippen LogP contribution in [-0.2, 0) is 4.74 Å². The fourth-order valence-electron chi connectivity index (χ4n) is 1.09. The molecule has 0 radical (unpaired) electrons. The number of halogens is 2. The van der Waals surface area contributed by atoms with Gasteiger partial charge in [0.1, 0.15) is 0 Å². The average molecular weight is 354 g/mol. The van der Waals surface area contributed by atoms with Gasteiger partial charge in [0.05, 0.1) is 11.7 Å². The Morgan fingerprint density at radius 2 is 2.31 bits per heavy atom. The highest BCUT2D eigenvalue weighted by atomic mass is 127. The molecule has 1 aromatic carbocycles. The molecule has 0 aliphatic rings. The minimum Gasteiger partial charge on any atom is -0.380 e. The van der Waals surface area contributed by atoms with Crippen molar-refractivity contribution in [3.63, 3.8) is 0 Å². The van der Waals surface area contributed by atoms with Crippen molar-refractivity contribution < 1.29 is 9.53 Å². The average Bonchev–Trinajstić information content (AvgIpc) is 2.28. The number of amides is 1. The number of hydrogen-bond donors (Lipinski definition) is 1. The van der Waals surface area contributed by atoms with Gasteiger partial charge in [0.2, 0.25) is 0 Å². The molecule has 1 amide bonds. The molecular formula is C11H13ClINO2. The highest BCUT2D eigenvalue weighted by Crippen LogP contribution is 2.17. The Bertz CT molecular complexity index is 384. The van der Waals surface area contributed by atoms with Crippen LogP contribution in [0.15, 0.2) is 18.2 Å². The molecule has 0 saturated carbocycles. The summed E-state index contributed by atoms with van der Waals surface area (Å²) in [4.78, 5) is 11.8. The van der Waals surface area contributed by atoms with Crippen molar-refractivity contribution >= 4 is 40.1 Å². The first-order valence-corrected chi connectivity index (χ1v) is 6.26. The van der Waals surface area contributed by atoms with Crippen molar-refractivity contribution in [1.29, 1.82) is 0 Å². The number of hydrogen-bond acceptors (Lipinski definition) is 2. The molecule has 3 nitrogen and oxygen atoms in total. The quantitative estimate of drug-likeness (QED) is 0.845. The lowest BCUT2D eigenvalue weighted by molar-refractivity contribution is 0.0869.